The number of hydrogen-bond donors (Lipinski definition) is 1. The zero-order chi connectivity index (χ0) is 15.6. The van der Waals surface area contributed by atoms with Gasteiger partial charge in [-0.2, -0.15) is 0 Å². The summed E-state index contributed by atoms with van der Waals surface area (Å²) in [4.78, 5) is 39.7. The fourth-order valence-electron chi connectivity index (χ4n) is 2.31. The molecule has 2 amide bonds. The third-order valence-corrected chi connectivity index (χ3v) is 3.48. The van der Waals surface area contributed by atoms with E-state index in [0.717, 1.165) is 4.90 Å². The van der Waals surface area contributed by atoms with E-state index in [-0.39, 0.29) is 42.7 Å². The molecule has 2 saturated heterocycles. The molecule has 0 radical (unpaired) electrons. The molecule has 0 aromatic rings. The molecule has 2 aliphatic heterocycles. The number of hydrazine groups is 1. The van der Waals surface area contributed by atoms with E-state index >= 15 is 0 Å². The lowest BCUT2D eigenvalue weighted by atomic mass is 10.1. The van der Waals surface area contributed by atoms with E-state index in [0.29, 0.717) is 6.42 Å². The second kappa shape index (κ2) is 5.94. The van der Waals surface area contributed by atoms with Crippen LogP contribution < -0.4 is 0 Å². The van der Waals surface area contributed by atoms with Gasteiger partial charge in [0.1, 0.15) is 0 Å². The molecule has 21 heavy (non-hydrogen) atoms. The number of aliphatic carboxylic acids is 1. The lowest BCUT2D eigenvalue weighted by molar-refractivity contribution is -0.709. The highest BCUT2D eigenvalue weighted by Gasteiger charge is 2.36. The van der Waals surface area contributed by atoms with Crippen LogP contribution in [0.4, 0.5) is 0 Å². The standard InChI is InChI=1S/C11H16N4O6/c1-7(14-9(16)2-3-10(14)17)21-12-15(20)13-5-4-8(6-13)11(18)19/h7-8H,2-6H2,1H3,(H,18,19)/b15-12-. The van der Waals surface area contributed by atoms with Crippen molar-refractivity contribution < 1.29 is 29.3 Å². The van der Waals surface area contributed by atoms with E-state index in [9.17, 15) is 19.6 Å². The molecule has 2 rings (SSSR count). The molecule has 0 aromatic carbocycles. The minimum atomic E-state index is -0.971. The first kappa shape index (κ1) is 15.0. The predicted molar refractivity (Wildman–Crippen MR) is 65.0 cm³/mol. The average molecular weight is 300 g/mol. The van der Waals surface area contributed by atoms with Crippen LogP contribution in [0.3, 0.4) is 0 Å². The highest BCUT2D eigenvalue weighted by molar-refractivity contribution is 6.02. The first-order valence-corrected chi connectivity index (χ1v) is 6.56. The van der Waals surface area contributed by atoms with Gasteiger partial charge in [0.2, 0.25) is 23.3 Å². The Morgan fingerprint density at radius 3 is 2.62 bits per heavy atom. The fraction of sp³-hybridized carbons (Fsp3) is 0.727. The zero-order valence-corrected chi connectivity index (χ0v) is 11.5. The molecular formula is C11H16N4O6. The Bertz CT molecular complexity index is 477. The van der Waals surface area contributed by atoms with Gasteiger partial charge in [-0.05, 0) is 13.3 Å². The summed E-state index contributed by atoms with van der Waals surface area (Å²) < 4.78 is 0. The van der Waals surface area contributed by atoms with Gasteiger partial charge >= 0.3 is 5.97 Å². The van der Waals surface area contributed by atoms with Gasteiger partial charge in [0.25, 0.3) is 0 Å². The molecule has 2 atom stereocenters. The van der Waals surface area contributed by atoms with Crippen LogP contribution in [0, 0.1) is 11.1 Å². The predicted octanol–water partition coefficient (Wildman–Crippen LogP) is -0.303. The number of imide groups is 1. The van der Waals surface area contributed by atoms with Crippen LogP contribution in [0.2, 0.25) is 0 Å². The summed E-state index contributed by atoms with van der Waals surface area (Å²) in [5.74, 6) is -2.32. The Morgan fingerprint density at radius 1 is 1.48 bits per heavy atom. The van der Waals surface area contributed by atoms with Gasteiger partial charge in [-0.25, -0.2) is 4.90 Å². The Labute approximate surface area is 120 Å². The van der Waals surface area contributed by atoms with Crippen LogP contribution in [-0.4, -0.2) is 57.1 Å². The molecule has 0 aliphatic carbocycles. The van der Waals surface area contributed by atoms with Gasteiger partial charge in [-0.1, -0.05) is 0 Å². The van der Waals surface area contributed by atoms with Crippen LogP contribution in [0.15, 0.2) is 5.28 Å². The second-order valence-electron chi connectivity index (χ2n) is 4.93. The van der Waals surface area contributed by atoms with E-state index in [4.69, 9.17) is 9.94 Å². The van der Waals surface area contributed by atoms with Crippen molar-refractivity contribution in [1.82, 2.24) is 9.91 Å². The molecule has 10 nitrogen and oxygen atoms in total. The minimum absolute atomic E-state index is 0.0433. The van der Waals surface area contributed by atoms with Gasteiger partial charge in [0.05, 0.1) is 24.0 Å². The van der Waals surface area contributed by atoms with Gasteiger partial charge in [0, 0.05) is 12.8 Å². The van der Waals surface area contributed by atoms with Crippen LogP contribution in [0.1, 0.15) is 26.2 Å². The Kier molecular flexibility index (Phi) is 4.24. The largest absolute Gasteiger partial charge is 0.569 e. The summed E-state index contributed by atoms with van der Waals surface area (Å²) in [6.07, 6.45) is -0.371. The number of amides is 2. The summed E-state index contributed by atoms with van der Waals surface area (Å²) in [6.45, 7) is 1.73. The molecule has 0 spiro atoms. The molecule has 0 aromatic heterocycles. The minimum Gasteiger partial charge on any atom is -0.569 e. The molecule has 2 unspecified atom stereocenters. The third kappa shape index (κ3) is 3.20. The molecule has 10 heteroatoms. The summed E-state index contributed by atoms with van der Waals surface area (Å²) in [6, 6.07) is 0. The quantitative estimate of drug-likeness (QED) is 0.319. The number of carboxylic acid groups (broad SMARTS) is 1. The van der Waals surface area contributed by atoms with Crippen LogP contribution in [0.25, 0.3) is 0 Å². The molecule has 0 saturated carbocycles. The van der Waals surface area contributed by atoms with Crippen molar-refractivity contribution >= 4 is 17.8 Å². The summed E-state index contributed by atoms with van der Waals surface area (Å²) in [5, 5.41) is 25.0. The molecule has 0 bridgehead atoms. The molecular weight excluding hydrogens is 284 g/mol. The normalized spacial score (nSPS) is 24.6. The van der Waals surface area contributed by atoms with Crippen LogP contribution >= 0.6 is 0 Å². The first-order valence-electron chi connectivity index (χ1n) is 6.56. The van der Waals surface area contributed by atoms with E-state index in [2.05, 4.69) is 5.28 Å². The van der Waals surface area contributed by atoms with E-state index in [1.807, 2.05) is 0 Å². The van der Waals surface area contributed by atoms with E-state index in [1.54, 1.807) is 0 Å². The van der Waals surface area contributed by atoms with Crippen LogP contribution in [-0.2, 0) is 19.2 Å². The van der Waals surface area contributed by atoms with Gasteiger partial charge < -0.3 is 15.2 Å². The summed E-state index contributed by atoms with van der Waals surface area (Å²) >= 11 is 0. The number of rotatable bonds is 5. The Balaban J connectivity index is 1.90. The van der Waals surface area contributed by atoms with Crippen LogP contribution in [0.5, 0.6) is 0 Å². The number of carboxylic acids is 1. The zero-order valence-electron chi connectivity index (χ0n) is 11.5. The van der Waals surface area contributed by atoms with E-state index < -0.39 is 18.1 Å². The fourth-order valence-corrected chi connectivity index (χ4v) is 2.31. The van der Waals surface area contributed by atoms with Crippen molar-refractivity contribution in [3.8, 4) is 0 Å². The number of carbonyl (C=O) groups excluding carboxylic acids is 2. The van der Waals surface area contributed by atoms with Gasteiger partial charge in [0.15, 0.2) is 0 Å². The smallest absolute Gasteiger partial charge is 0.308 e. The molecule has 2 aliphatic rings. The Morgan fingerprint density at radius 2 is 2.10 bits per heavy atom. The van der Waals surface area contributed by atoms with Crippen molar-refractivity contribution in [2.45, 2.75) is 32.4 Å². The van der Waals surface area contributed by atoms with Crippen molar-refractivity contribution in [2.75, 3.05) is 13.1 Å². The highest BCUT2D eigenvalue weighted by Crippen LogP contribution is 2.18. The molecule has 2 fully saturated rings. The summed E-state index contributed by atoms with van der Waals surface area (Å²) in [5.41, 5.74) is 0. The van der Waals surface area contributed by atoms with Crippen molar-refractivity contribution in [3.05, 3.63) is 5.21 Å². The maximum Gasteiger partial charge on any atom is 0.308 e. The van der Waals surface area contributed by atoms with Crippen molar-refractivity contribution in [3.63, 3.8) is 0 Å². The first-order chi connectivity index (χ1) is 9.90. The number of nitrogens with zero attached hydrogens (tertiary/aromatic N) is 4. The van der Waals surface area contributed by atoms with Crippen molar-refractivity contribution in [1.29, 1.82) is 0 Å². The number of hydrogen-bond acceptors (Lipinski definition) is 6. The maximum absolute atomic E-state index is 11.7. The SMILES string of the molecule is CC(O/N=[N+](\[O-])N1CCC(C(=O)O)C1)N1C(=O)CCC1=O. The van der Waals surface area contributed by atoms with Gasteiger partial charge in [-0.15, -0.1) is 5.01 Å². The molecule has 1 N–H and O–H groups in total. The van der Waals surface area contributed by atoms with E-state index in [1.165, 1.54) is 11.9 Å². The lowest BCUT2D eigenvalue weighted by Crippen LogP contribution is -2.39. The van der Waals surface area contributed by atoms with Gasteiger partial charge in [-0.3, -0.25) is 14.4 Å². The summed E-state index contributed by atoms with van der Waals surface area (Å²) in [7, 11) is 0. The topological polar surface area (TPSA) is 126 Å². The average Bonchev–Trinajstić information content (AvgIpc) is 3.03. The number of likely N-dealkylation sites (tertiary alicyclic amines) is 1. The highest BCUT2D eigenvalue weighted by atomic mass is 16.7. The van der Waals surface area contributed by atoms with Crippen molar-refractivity contribution in [2.24, 2.45) is 11.2 Å². The second-order valence-corrected chi connectivity index (χ2v) is 4.93. The molecule has 2 heterocycles. The number of carbonyl (C=O) groups is 3. The lowest BCUT2D eigenvalue weighted by Gasteiger charge is -2.19. The maximum atomic E-state index is 11.7. The third-order valence-electron chi connectivity index (χ3n) is 3.48. The molecule has 116 valence electrons. The Hall–Kier alpha value is -2.39. The monoisotopic (exact) mass is 300 g/mol.